The van der Waals surface area contributed by atoms with Crippen molar-refractivity contribution in [2.24, 2.45) is 5.14 Å². The maximum atomic E-state index is 13.2. The van der Waals surface area contributed by atoms with E-state index in [1.54, 1.807) is 0 Å². The van der Waals surface area contributed by atoms with Crippen LogP contribution < -0.4 is 16.4 Å². The molecule has 10 heteroatoms. The van der Waals surface area contributed by atoms with E-state index in [2.05, 4.69) is 15.9 Å². The third-order valence-corrected chi connectivity index (χ3v) is 4.31. The molecule has 3 N–H and O–H groups in total. The van der Waals surface area contributed by atoms with Crippen molar-refractivity contribution in [1.29, 1.82) is 0 Å². The van der Waals surface area contributed by atoms with E-state index in [1.165, 1.54) is 18.2 Å². The highest BCUT2D eigenvalue weighted by Crippen LogP contribution is 2.18. The summed E-state index contributed by atoms with van der Waals surface area (Å²) >= 11 is 3.19. The van der Waals surface area contributed by atoms with E-state index in [9.17, 15) is 22.4 Å². The predicted molar refractivity (Wildman–Crippen MR) is 75.9 cm³/mol. The van der Waals surface area contributed by atoms with Gasteiger partial charge >= 0.3 is 5.69 Å². The van der Waals surface area contributed by atoms with E-state index in [0.29, 0.717) is 10.0 Å². The molecular formula is C11H9BrFN3O4S. The topological polar surface area (TPSA) is 115 Å². The number of aromatic nitrogens is 2. The average molecular weight is 378 g/mol. The van der Waals surface area contributed by atoms with Crippen molar-refractivity contribution in [3.63, 3.8) is 0 Å². The number of primary sulfonamides is 1. The van der Waals surface area contributed by atoms with Crippen molar-refractivity contribution in [2.45, 2.75) is 11.4 Å². The summed E-state index contributed by atoms with van der Waals surface area (Å²) in [6.07, 6.45) is 0.827. The largest absolute Gasteiger partial charge is 0.328 e. The molecule has 0 unspecified atom stereocenters. The lowest BCUT2D eigenvalue weighted by Gasteiger charge is -2.08. The Balaban J connectivity index is 2.58. The summed E-state index contributed by atoms with van der Waals surface area (Å²) in [5.41, 5.74) is -1.54. The fourth-order valence-corrected chi connectivity index (χ4v) is 2.61. The summed E-state index contributed by atoms with van der Waals surface area (Å²) in [6, 6.07) is 3.85. The summed E-state index contributed by atoms with van der Waals surface area (Å²) in [6.45, 7) is -0.142. The number of sulfonamides is 1. The summed E-state index contributed by atoms with van der Waals surface area (Å²) in [5, 5.41) is 4.89. The Morgan fingerprint density at radius 1 is 1.33 bits per heavy atom. The zero-order valence-corrected chi connectivity index (χ0v) is 12.7. The third-order valence-electron chi connectivity index (χ3n) is 2.63. The first kappa shape index (κ1) is 15.6. The molecule has 1 aromatic heterocycles. The summed E-state index contributed by atoms with van der Waals surface area (Å²) in [4.78, 5) is 24.2. The van der Waals surface area contributed by atoms with Crippen molar-refractivity contribution < 1.29 is 12.8 Å². The Morgan fingerprint density at radius 2 is 2.00 bits per heavy atom. The molecule has 7 nitrogen and oxygen atoms in total. The lowest BCUT2D eigenvalue weighted by molar-refractivity contribution is 0.590. The molecular weight excluding hydrogens is 369 g/mol. The van der Waals surface area contributed by atoms with Crippen LogP contribution in [0.15, 0.2) is 43.4 Å². The molecule has 0 amide bonds. The Labute approximate surface area is 126 Å². The van der Waals surface area contributed by atoms with E-state index in [4.69, 9.17) is 5.14 Å². The van der Waals surface area contributed by atoms with Gasteiger partial charge in [-0.2, -0.15) is 0 Å². The fraction of sp³-hybridized carbons (Fsp3) is 0.0909. The van der Waals surface area contributed by atoms with E-state index >= 15 is 0 Å². The van der Waals surface area contributed by atoms with Crippen LogP contribution in [0.2, 0.25) is 0 Å². The SMILES string of the molecule is NS(=O)(=O)c1cn(Cc2cc(F)ccc2Br)c(=O)[nH]c1=O. The number of benzene rings is 1. The van der Waals surface area contributed by atoms with Crippen LogP contribution in [0.25, 0.3) is 0 Å². The van der Waals surface area contributed by atoms with E-state index in [1.807, 2.05) is 4.98 Å². The number of nitrogens with two attached hydrogens (primary N) is 1. The van der Waals surface area contributed by atoms with Gasteiger partial charge in [0.2, 0.25) is 10.0 Å². The molecule has 1 heterocycles. The van der Waals surface area contributed by atoms with Crippen LogP contribution in [-0.2, 0) is 16.6 Å². The van der Waals surface area contributed by atoms with E-state index in [-0.39, 0.29) is 6.54 Å². The van der Waals surface area contributed by atoms with E-state index in [0.717, 1.165) is 10.8 Å². The number of nitrogens with one attached hydrogen (secondary N) is 1. The molecule has 0 fully saturated rings. The number of hydrogen-bond acceptors (Lipinski definition) is 4. The van der Waals surface area contributed by atoms with Gasteiger partial charge < -0.3 is 0 Å². The third kappa shape index (κ3) is 3.46. The van der Waals surface area contributed by atoms with Crippen LogP contribution in [0.5, 0.6) is 0 Å². The maximum Gasteiger partial charge on any atom is 0.328 e. The van der Waals surface area contributed by atoms with Gasteiger partial charge in [0.1, 0.15) is 5.82 Å². The standard InChI is InChI=1S/C11H9BrFN3O4S/c12-8-2-1-7(13)3-6(8)4-16-5-9(21(14,19)20)10(17)15-11(16)18/h1-3,5H,4H2,(H2,14,19,20)(H,15,17,18). The van der Waals surface area contributed by atoms with Crippen molar-refractivity contribution in [1.82, 2.24) is 9.55 Å². The second-order valence-corrected chi connectivity index (χ2v) is 6.55. The number of nitrogens with zero attached hydrogens (tertiary/aromatic N) is 1. The number of halogens is 2. The zero-order valence-electron chi connectivity index (χ0n) is 10.3. The summed E-state index contributed by atoms with van der Waals surface area (Å²) < 4.78 is 37.2. The van der Waals surface area contributed by atoms with Gasteiger partial charge in [-0.1, -0.05) is 15.9 Å². The van der Waals surface area contributed by atoms with E-state index < -0.39 is 32.0 Å². The van der Waals surface area contributed by atoms with Crippen molar-refractivity contribution in [3.8, 4) is 0 Å². The minimum atomic E-state index is -4.27. The Kier molecular flexibility index (Phi) is 4.12. The van der Waals surface area contributed by atoms with Gasteiger partial charge in [-0.15, -0.1) is 0 Å². The highest BCUT2D eigenvalue weighted by molar-refractivity contribution is 9.10. The monoisotopic (exact) mass is 377 g/mol. The van der Waals surface area contributed by atoms with Crippen LogP contribution in [0, 0.1) is 5.82 Å². The lowest BCUT2D eigenvalue weighted by atomic mass is 10.2. The Hall–Kier alpha value is -1.78. The molecule has 21 heavy (non-hydrogen) atoms. The molecule has 0 aliphatic rings. The quantitative estimate of drug-likeness (QED) is 0.790. The first-order chi connectivity index (χ1) is 9.68. The number of aromatic amines is 1. The van der Waals surface area contributed by atoms with Gasteiger partial charge in [0.05, 0.1) is 6.54 Å². The summed E-state index contributed by atoms with van der Waals surface area (Å²) in [7, 11) is -4.27. The van der Waals surface area contributed by atoms with Crippen molar-refractivity contribution >= 4 is 26.0 Å². The van der Waals surface area contributed by atoms with Crippen LogP contribution in [0.3, 0.4) is 0 Å². The maximum absolute atomic E-state index is 13.2. The van der Waals surface area contributed by atoms with Gasteiger partial charge in [0.25, 0.3) is 5.56 Å². The zero-order chi connectivity index (χ0) is 15.8. The Morgan fingerprint density at radius 3 is 2.62 bits per heavy atom. The molecule has 0 aliphatic heterocycles. The highest BCUT2D eigenvalue weighted by atomic mass is 79.9. The minimum absolute atomic E-state index is 0.142. The number of H-pyrrole nitrogens is 1. The van der Waals surface area contributed by atoms with Gasteiger partial charge in [0.15, 0.2) is 4.90 Å². The van der Waals surface area contributed by atoms with Crippen molar-refractivity contribution in [3.05, 3.63) is 61.1 Å². The molecule has 0 spiro atoms. The lowest BCUT2D eigenvalue weighted by Crippen LogP contribution is -2.34. The molecule has 0 atom stereocenters. The highest BCUT2D eigenvalue weighted by Gasteiger charge is 2.16. The van der Waals surface area contributed by atoms with Gasteiger partial charge in [0, 0.05) is 10.7 Å². The molecule has 0 bridgehead atoms. The molecule has 0 saturated heterocycles. The number of rotatable bonds is 3. The average Bonchev–Trinajstić information content (AvgIpc) is 2.35. The van der Waals surface area contributed by atoms with Crippen LogP contribution in [0.1, 0.15) is 5.56 Å². The predicted octanol–water partition coefficient (Wildman–Crippen LogP) is 0.134. The second-order valence-electron chi connectivity index (χ2n) is 4.16. The molecule has 2 aromatic rings. The molecule has 0 radical (unpaired) electrons. The molecule has 0 aliphatic carbocycles. The first-order valence-electron chi connectivity index (χ1n) is 5.49. The number of hydrogen-bond donors (Lipinski definition) is 2. The smallest absolute Gasteiger partial charge is 0.295 e. The first-order valence-corrected chi connectivity index (χ1v) is 7.83. The molecule has 112 valence electrons. The fourth-order valence-electron chi connectivity index (χ4n) is 1.66. The normalized spacial score (nSPS) is 11.6. The second kappa shape index (κ2) is 5.54. The Bertz CT molecular complexity index is 920. The van der Waals surface area contributed by atoms with Crippen LogP contribution >= 0.6 is 15.9 Å². The molecule has 1 aromatic carbocycles. The van der Waals surface area contributed by atoms with Gasteiger partial charge in [-0.05, 0) is 23.8 Å². The minimum Gasteiger partial charge on any atom is -0.295 e. The van der Waals surface area contributed by atoms with Crippen LogP contribution in [0.4, 0.5) is 4.39 Å². The molecule has 0 saturated carbocycles. The van der Waals surface area contributed by atoms with Crippen LogP contribution in [-0.4, -0.2) is 18.0 Å². The van der Waals surface area contributed by atoms with Crippen molar-refractivity contribution in [2.75, 3.05) is 0 Å². The van der Waals surface area contributed by atoms with Gasteiger partial charge in [-0.25, -0.2) is 22.7 Å². The molecule has 2 rings (SSSR count). The van der Waals surface area contributed by atoms with Gasteiger partial charge in [-0.3, -0.25) is 14.3 Å². The summed E-state index contributed by atoms with van der Waals surface area (Å²) in [5.74, 6) is -0.516.